The van der Waals surface area contributed by atoms with E-state index in [1.807, 2.05) is 4.98 Å². The number of anilines is 2. The van der Waals surface area contributed by atoms with Crippen molar-refractivity contribution in [3.8, 4) is 0 Å². The molecule has 0 aliphatic carbocycles. The van der Waals surface area contributed by atoms with E-state index < -0.39 is 129 Å². The fourth-order valence-electron chi connectivity index (χ4n) is 6.68. The van der Waals surface area contributed by atoms with Gasteiger partial charge in [-0.15, -0.1) is 0 Å². The van der Waals surface area contributed by atoms with Crippen LogP contribution in [0, 0.1) is 5.82 Å². The number of carbonyl (C=O) groups excluding carboxylic acids is 1. The first-order valence-electron chi connectivity index (χ1n) is 19.0. The zero-order chi connectivity index (χ0) is 48.5. The summed E-state index contributed by atoms with van der Waals surface area (Å²) in [4.78, 5) is 95.4. The average Bonchev–Trinajstić information content (AvgIpc) is 3.87. The Bertz CT molecular complexity index is 2820. The maximum Gasteiger partial charge on any atom is 0.490 e. The third kappa shape index (κ3) is 13.0. The van der Waals surface area contributed by atoms with E-state index in [2.05, 4.69) is 33.1 Å². The maximum absolute atomic E-state index is 13.3. The van der Waals surface area contributed by atoms with Crippen LogP contribution in [-0.2, 0) is 65.6 Å². The molecule has 34 heteroatoms. The maximum atomic E-state index is 13.3. The number of urea groups is 1. The van der Waals surface area contributed by atoms with E-state index in [1.165, 1.54) is 24.4 Å². The molecule has 4 unspecified atom stereocenters. The minimum Gasteiger partial charge on any atom is -0.387 e. The van der Waals surface area contributed by atoms with Gasteiger partial charge in [-0.3, -0.25) is 33.3 Å². The molecule has 2 aromatic carbocycles. The summed E-state index contributed by atoms with van der Waals surface area (Å²) in [6, 6.07) is 14.8. The van der Waals surface area contributed by atoms with Crippen LogP contribution in [0.25, 0.3) is 0 Å². The van der Waals surface area contributed by atoms with Crippen molar-refractivity contribution in [1.29, 1.82) is 0 Å². The van der Waals surface area contributed by atoms with Gasteiger partial charge in [0.25, 0.3) is 5.56 Å². The number of ether oxygens (including phenoxy) is 4. The van der Waals surface area contributed by atoms with Crippen molar-refractivity contribution in [1.82, 2.24) is 19.1 Å². The Morgan fingerprint density at radius 1 is 0.701 bits per heavy atom. The zero-order valence-corrected chi connectivity index (χ0v) is 37.0. The van der Waals surface area contributed by atoms with Crippen LogP contribution in [0.4, 0.5) is 20.7 Å². The number of H-pyrrole nitrogens is 1. The molecule has 4 aromatic rings. The van der Waals surface area contributed by atoms with E-state index in [-0.39, 0.29) is 17.9 Å². The predicted molar refractivity (Wildman–Crippen MR) is 217 cm³/mol. The first-order valence-corrected chi connectivity index (χ1v) is 24.9. The van der Waals surface area contributed by atoms with Crippen molar-refractivity contribution >= 4 is 48.8 Å². The lowest BCUT2D eigenvalue weighted by Crippen LogP contribution is -2.37. The molecule has 0 bridgehead atoms. The topological polar surface area (TPSA) is 404 Å². The molecule has 0 saturated carbocycles. The smallest absolute Gasteiger partial charge is 0.387 e. The van der Waals surface area contributed by atoms with Gasteiger partial charge in [0.2, 0.25) is 0 Å². The second-order valence-electron chi connectivity index (χ2n) is 14.2. The number of aliphatic hydroxyl groups is 2. The number of hydrogen-bond acceptors (Lipinski definition) is 20. The number of fused-ring (bicyclic) bond motifs is 1. The van der Waals surface area contributed by atoms with Crippen molar-refractivity contribution in [3.05, 3.63) is 122 Å². The molecule has 2 amide bonds. The lowest BCUT2D eigenvalue weighted by molar-refractivity contribution is -0.150. The van der Waals surface area contributed by atoms with Crippen LogP contribution in [0.15, 0.2) is 93.5 Å². The van der Waals surface area contributed by atoms with E-state index in [9.17, 15) is 71.6 Å². The highest BCUT2D eigenvalue weighted by Crippen LogP contribution is 2.71. The number of hydrogen-bond donors (Lipinski definition) is 9. The molecule has 67 heavy (non-hydrogen) atoms. The Hall–Kier alpha value is -4.48. The third-order valence-corrected chi connectivity index (χ3v) is 15.4. The number of aliphatic hydroxyl groups excluding tert-OH is 2. The number of halogens is 1. The van der Waals surface area contributed by atoms with Crippen molar-refractivity contribution in [2.75, 3.05) is 23.8 Å². The third-order valence-electron chi connectivity index (χ3n) is 9.48. The molecule has 0 radical (unpaired) electrons. The summed E-state index contributed by atoms with van der Waals surface area (Å²) in [6.07, 6.45) is -11.2. The Morgan fingerprint density at radius 3 is 1.91 bits per heavy atom. The highest BCUT2D eigenvalue weighted by Gasteiger charge is 2.55. The molecule has 3 saturated heterocycles. The van der Waals surface area contributed by atoms with Crippen LogP contribution in [0.2, 0.25) is 0 Å². The van der Waals surface area contributed by atoms with Crippen LogP contribution in [-0.4, -0.2) is 111 Å². The molecule has 364 valence electrons. The lowest BCUT2D eigenvalue weighted by Gasteiger charge is -2.23. The van der Waals surface area contributed by atoms with Gasteiger partial charge in [-0.2, -0.15) is 17.9 Å². The second-order valence-corrected chi connectivity index (χ2v) is 20.5. The number of nitrogens with zero attached hydrogens (tertiary/aromatic N) is 3. The SMILES string of the molecule is O=C(Nc1ccc(F)cc1)Nc1ccn([C@@H]2O[C@H](COP(=O)(O)OP(=O)(O)OP(=O)(O)OP(=O)(O)OC[C@H]3O[C@@H](n4ccc(=O)[nH]c4=O)[C@H](O)[C@@H]3O)[C@H]3O[C@@H](Cc4ccccc4)O[C@H]32)c(=O)n1. The molecule has 3 aliphatic rings. The van der Waals surface area contributed by atoms with Crippen LogP contribution in [0.5, 0.6) is 0 Å². The van der Waals surface area contributed by atoms with Gasteiger partial charge < -0.3 is 54.1 Å². The van der Waals surface area contributed by atoms with Gasteiger partial charge in [0.15, 0.2) is 18.7 Å². The number of aromatic amines is 1. The van der Waals surface area contributed by atoms with Gasteiger partial charge in [0.05, 0.1) is 13.2 Å². The minimum absolute atomic E-state index is 0.162. The van der Waals surface area contributed by atoms with Gasteiger partial charge >= 0.3 is 48.7 Å². The zero-order valence-electron chi connectivity index (χ0n) is 33.5. The van der Waals surface area contributed by atoms with E-state index in [0.29, 0.717) is 4.57 Å². The van der Waals surface area contributed by atoms with Gasteiger partial charge in [-0.05, 0) is 35.9 Å². The van der Waals surface area contributed by atoms with E-state index in [0.717, 1.165) is 34.5 Å². The summed E-state index contributed by atoms with van der Waals surface area (Å²) in [5.41, 5.74) is -1.91. The van der Waals surface area contributed by atoms with Gasteiger partial charge in [-0.1, -0.05) is 30.3 Å². The second kappa shape index (κ2) is 20.2. The summed E-state index contributed by atoms with van der Waals surface area (Å²) in [5.74, 6) is -0.762. The van der Waals surface area contributed by atoms with E-state index in [1.54, 1.807) is 30.3 Å². The first kappa shape index (κ1) is 50.4. The van der Waals surface area contributed by atoms with Gasteiger partial charge in [0, 0.05) is 30.6 Å². The predicted octanol–water partition coefficient (Wildman–Crippen LogP) is 0.931. The number of carbonyl (C=O) groups is 1. The number of nitrogens with one attached hydrogen (secondary N) is 3. The normalized spacial score (nSPS) is 28.4. The van der Waals surface area contributed by atoms with Crippen molar-refractivity contribution < 1.29 is 98.2 Å². The van der Waals surface area contributed by atoms with Crippen LogP contribution < -0.4 is 27.6 Å². The molecule has 0 spiro atoms. The number of amides is 2. The Kier molecular flexibility index (Phi) is 15.2. The number of phosphoric acid groups is 4. The van der Waals surface area contributed by atoms with E-state index in [4.69, 9.17) is 23.5 Å². The summed E-state index contributed by atoms with van der Waals surface area (Å²) >= 11 is 0. The quantitative estimate of drug-likeness (QED) is 0.0626. The summed E-state index contributed by atoms with van der Waals surface area (Å²) in [5, 5.41) is 25.4. The Labute approximate surface area is 373 Å². The molecule has 2 aromatic heterocycles. The van der Waals surface area contributed by atoms with Crippen LogP contribution >= 0.6 is 31.3 Å². The Balaban J connectivity index is 0.961. The van der Waals surface area contributed by atoms with Gasteiger partial charge in [0.1, 0.15) is 48.3 Å². The molecule has 29 nitrogen and oxygen atoms in total. The van der Waals surface area contributed by atoms with Crippen molar-refractivity contribution in [2.24, 2.45) is 0 Å². The first-order chi connectivity index (χ1) is 31.5. The molecule has 3 aliphatic heterocycles. The number of rotatable bonds is 18. The largest absolute Gasteiger partial charge is 0.490 e. The van der Waals surface area contributed by atoms with Crippen LogP contribution in [0.3, 0.4) is 0 Å². The molecule has 3 fully saturated rings. The highest BCUT2D eigenvalue weighted by atomic mass is 31.3. The summed E-state index contributed by atoms with van der Waals surface area (Å²) in [6.45, 7) is -2.25. The van der Waals surface area contributed by atoms with Crippen molar-refractivity contribution in [3.63, 3.8) is 0 Å². The molecule has 7 rings (SSSR count). The van der Waals surface area contributed by atoms with Crippen LogP contribution in [0.1, 0.15) is 18.0 Å². The molecular weight excluding hydrogens is 991 g/mol. The summed E-state index contributed by atoms with van der Waals surface area (Å²) in [7, 11) is -24.3. The fraction of sp³-hybridized carbons (Fsp3) is 0.364. The number of benzene rings is 2. The lowest BCUT2D eigenvalue weighted by atomic mass is 10.1. The minimum atomic E-state index is -6.28. The monoisotopic (exact) mass is 1030 g/mol. The highest BCUT2D eigenvalue weighted by molar-refractivity contribution is 7.69. The molecular formula is C33H37FN6O23P4. The number of phosphoric ester groups is 2. The standard InChI is InChI=1S/C33H37FN6O23P4/c34-18-6-8-19(9-7-18)35-31(44)36-22-10-12-40(32(45)37-22)30-28-27(59-24(60-28)14-17-4-2-1-3-5-17)21(58-30)16-56-65(49,50)62-67(53,54)63-66(51,52)61-64(47,48)55-15-20-25(42)26(43)29(57-20)39-13-11-23(41)38-33(39)46/h1-13,20-21,24-30,42-43H,14-16H2,(H,47,48)(H,49,50)(H,51,52)(H,53,54)(H,38,41,46)(H2,35,36,37,44,45)/t20-,21-,24-,25-,26-,27-,28-,29-,30-/m1/s1. The summed E-state index contributed by atoms with van der Waals surface area (Å²) < 4.78 is 110. The van der Waals surface area contributed by atoms with E-state index >= 15 is 0 Å². The van der Waals surface area contributed by atoms with Gasteiger partial charge in [-0.25, -0.2) is 37.0 Å². The fourth-order valence-corrected chi connectivity index (χ4v) is 11.6. The average molecular weight is 1030 g/mol. The van der Waals surface area contributed by atoms with Crippen molar-refractivity contribution in [2.45, 2.75) is 61.8 Å². The molecule has 9 N–H and O–H groups in total. The molecule has 5 heterocycles. The Morgan fingerprint density at radius 2 is 1.28 bits per heavy atom. The number of aromatic nitrogens is 4. The molecule has 13 atom stereocenters.